The molecule has 0 radical (unpaired) electrons. The van der Waals surface area contributed by atoms with Gasteiger partial charge in [-0.25, -0.2) is 0 Å². The van der Waals surface area contributed by atoms with Crippen LogP contribution in [-0.4, -0.2) is 12.2 Å². The summed E-state index contributed by atoms with van der Waals surface area (Å²) in [5.41, 5.74) is 4.58. The van der Waals surface area contributed by atoms with Crippen molar-refractivity contribution in [2.24, 2.45) is 0 Å². The number of aryl methyl sites for hydroxylation is 1. The molecular weight excluding hydrogens is 364 g/mol. The Morgan fingerprint density at radius 2 is 1.23 bits per heavy atom. The van der Waals surface area contributed by atoms with Crippen LogP contribution in [0.25, 0.3) is 32.3 Å². The summed E-state index contributed by atoms with van der Waals surface area (Å²) < 4.78 is 0. The van der Waals surface area contributed by atoms with Crippen molar-refractivity contribution in [3.05, 3.63) is 108 Å². The second-order valence-electron chi connectivity index (χ2n) is 8.03. The van der Waals surface area contributed by atoms with Gasteiger partial charge in [-0.3, -0.25) is 0 Å². The van der Waals surface area contributed by atoms with Crippen molar-refractivity contribution < 1.29 is 5.11 Å². The molecule has 0 saturated carbocycles. The number of aliphatic hydroxyl groups excluding tert-OH is 1. The lowest BCUT2D eigenvalue weighted by atomic mass is 9.76. The van der Waals surface area contributed by atoms with E-state index in [0.717, 1.165) is 7.11 Å². The Morgan fingerprint density at radius 1 is 0.567 bits per heavy atom. The van der Waals surface area contributed by atoms with Crippen LogP contribution in [0.5, 0.6) is 0 Å². The van der Waals surface area contributed by atoms with Crippen LogP contribution >= 0.6 is 0 Å². The SMILES string of the molecule is CO.c1ccc2c(C3CCCc4c3ccc3c4ccc4ccccc43)cccc2c1. The van der Waals surface area contributed by atoms with Crippen LogP contribution in [0.15, 0.2) is 91.0 Å². The Morgan fingerprint density at radius 3 is 2.07 bits per heavy atom. The van der Waals surface area contributed by atoms with E-state index in [2.05, 4.69) is 91.0 Å². The topological polar surface area (TPSA) is 20.2 Å². The van der Waals surface area contributed by atoms with E-state index in [0.29, 0.717) is 5.92 Å². The number of hydrogen-bond acceptors (Lipinski definition) is 1. The van der Waals surface area contributed by atoms with Gasteiger partial charge in [0.15, 0.2) is 0 Å². The van der Waals surface area contributed by atoms with Crippen LogP contribution in [0.4, 0.5) is 0 Å². The average molecular weight is 391 g/mol. The molecule has 1 aliphatic rings. The lowest BCUT2D eigenvalue weighted by molar-refractivity contribution is 0.399. The highest BCUT2D eigenvalue weighted by Crippen LogP contribution is 2.42. The molecule has 1 unspecified atom stereocenters. The first-order valence-corrected chi connectivity index (χ1v) is 10.8. The average Bonchev–Trinajstić information content (AvgIpc) is 2.84. The highest BCUT2D eigenvalue weighted by atomic mass is 16.2. The fourth-order valence-electron chi connectivity index (χ4n) is 5.29. The van der Waals surface area contributed by atoms with Gasteiger partial charge in [-0.15, -0.1) is 0 Å². The maximum absolute atomic E-state index is 7.00. The van der Waals surface area contributed by atoms with E-state index in [1.165, 1.54) is 62.7 Å². The third kappa shape index (κ3) is 2.98. The first kappa shape index (κ1) is 18.8. The number of hydrogen-bond donors (Lipinski definition) is 1. The van der Waals surface area contributed by atoms with Crippen molar-refractivity contribution in [2.45, 2.75) is 25.2 Å². The zero-order chi connectivity index (χ0) is 20.5. The first-order chi connectivity index (χ1) is 14.9. The maximum atomic E-state index is 7.00. The van der Waals surface area contributed by atoms with Gasteiger partial charge < -0.3 is 5.11 Å². The molecule has 1 N–H and O–H groups in total. The van der Waals surface area contributed by atoms with Gasteiger partial charge in [-0.2, -0.15) is 0 Å². The van der Waals surface area contributed by atoms with Crippen LogP contribution in [-0.2, 0) is 6.42 Å². The van der Waals surface area contributed by atoms with Crippen molar-refractivity contribution in [3.8, 4) is 0 Å². The van der Waals surface area contributed by atoms with Crippen molar-refractivity contribution >= 4 is 32.3 Å². The quantitative estimate of drug-likeness (QED) is 0.300. The molecule has 148 valence electrons. The minimum atomic E-state index is 0.491. The molecule has 0 heterocycles. The Kier molecular flexibility index (Phi) is 4.98. The molecule has 0 bridgehead atoms. The van der Waals surface area contributed by atoms with E-state index < -0.39 is 0 Å². The maximum Gasteiger partial charge on any atom is 0.0319 e. The molecule has 1 atom stereocenters. The summed E-state index contributed by atoms with van der Waals surface area (Å²) in [5, 5.41) is 15.3. The van der Waals surface area contributed by atoms with Crippen molar-refractivity contribution in [1.82, 2.24) is 0 Å². The number of fused-ring (bicyclic) bond motifs is 6. The Balaban J connectivity index is 0.000000937. The van der Waals surface area contributed by atoms with Crippen molar-refractivity contribution in [3.63, 3.8) is 0 Å². The minimum absolute atomic E-state index is 0.491. The van der Waals surface area contributed by atoms with Gasteiger partial charge in [0.05, 0.1) is 0 Å². The van der Waals surface area contributed by atoms with Gasteiger partial charge in [0.2, 0.25) is 0 Å². The summed E-state index contributed by atoms with van der Waals surface area (Å²) in [7, 11) is 1.00. The second kappa shape index (κ2) is 7.93. The Bertz CT molecular complexity index is 1340. The molecule has 1 aliphatic carbocycles. The predicted molar refractivity (Wildman–Crippen MR) is 128 cm³/mol. The van der Waals surface area contributed by atoms with Gasteiger partial charge in [0.25, 0.3) is 0 Å². The van der Waals surface area contributed by atoms with E-state index in [9.17, 15) is 0 Å². The van der Waals surface area contributed by atoms with Gasteiger partial charge >= 0.3 is 0 Å². The second-order valence-corrected chi connectivity index (χ2v) is 8.03. The first-order valence-electron chi connectivity index (χ1n) is 10.8. The summed E-state index contributed by atoms with van der Waals surface area (Å²) in [5.74, 6) is 0.491. The third-order valence-electron chi connectivity index (χ3n) is 6.57. The molecule has 0 saturated heterocycles. The lowest BCUT2D eigenvalue weighted by Crippen LogP contribution is -2.12. The predicted octanol–water partition coefficient (Wildman–Crippen LogP) is 7.22. The van der Waals surface area contributed by atoms with E-state index in [4.69, 9.17) is 5.11 Å². The highest BCUT2D eigenvalue weighted by molar-refractivity contribution is 6.08. The van der Waals surface area contributed by atoms with Crippen LogP contribution in [0.2, 0.25) is 0 Å². The van der Waals surface area contributed by atoms with Crippen LogP contribution < -0.4 is 0 Å². The van der Waals surface area contributed by atoms with Crippen molar-refractivity contribution in [1.29, 1.82) is 0 Å². The minimum Gasteiger partial charge on any atom is -0.400 e. The molecule has 5 aromatic carbocycles. The van der Waals surface area contributed by atoms with Gasteiger partial charge in [-0.1, -0.05) is 91.0 Å². The summed E-state index contributed by atoms with van der Waals surface area (Å²) in [4.78, 5) is 0. The number of aliphatic hydroxyl groups is 1. The summed E-state index contributed by atoms with van der Waals surface area (Å²) in [6.45, 7) is 0. The van der Waals surface area contributed by atoms with Crippen LogP contribution in [0.1, 0.15) is 35.4 Å². The standard InChI is InChI=1S/C28H22.CH4O/c1-3-10-21-19(7-1)9-5-12-23(21)24-13-6-14-25-27-16-15-20-8-2-4-11-22(20)26(27)17-18-28(24)25;1-2/h1-5,7-12,15-18,24H,6,13-14H2;2H,1H3. The summed E-state index contributed by atoms with van der Waals surface area (Å²) >= 11 is 0. The zero-order valence-electron chi connectivity index (χ0n) is 17.3. The lowest BCUT2D eigenvalue weighted by Gasteiger charge is -2.28. The Hall–Kier alpha value is -3.16. The van der Waals surface area contributed by atoms with Gasteiger partial charge in [-0.05, 0) is 68.3 Å². The molecule has 0 amide bonds. The van der Waals surface area contributed by atoms with E-state index in [-0.39, 0.29) is 0 Å². The number of benzene rings is 5. The third-order valence-corrected chi connectivity index (χ3v) is 6.57. The molecule has 0 aromatic heterocycles. The Labute approximate surface area is 177 Å². The fourth-order valence-corrected chi connectivity index (χ4v) is 5.29. The molecular formula is C29H26O. The van der Waals surface area contributed by atoms with Crippen molar-refractivity contribution in [2.75, 3.05) is 7.11 Å². The fraction of sp³-hybridized carbons (Fsp3) is 0.172. The normalized spacial score (nSPS) is 15.6. The number of rotatable bonds is 1. The molecule has 30 heavy (non-hydrogen) atoms. The summed E-state index contributed by atoms with van der Waals surface area (Å²) in [6, 6.07) is 33.8. The monoisotopic (exact) mass is 390 g/mol. The molecule has 1 heteroatoms. The highest BCUT2D eigenvalue weighted by Gasteiger charge is 2.24. The van der Waals surface area contributed by atoms with Gasteiger partial charge in [0, 0.05) is 13.0 Å². The van der Waals surface area contributed by atoms with Gasteiger partial charge in [0.1, 0.15) is 0 Å². The molecule has 1 nitrogen and oxygen atoms in total. The molecule has 0 fully saturated rings. The van der Waals surface area contributed by atoms with Crippen LogP contribution in [0, 0.1) is 0 Å². The largest absolute Gasteiger partial charge is 0.400 e. The molecule has 0 aliphatic heterocycles. The van der Waals surface area contributed by atoms with E-state index in [1.807, 2.05) is 0 Å². The van der Waals surface area contributed by atoms with Crippen LogP contribution in [0.3, 0.4) is 0 Å². The van der Waals surface area contributed by atoms with E-state index in [1.54, 1.807) is 5.56 Å². The molecule has 6 rings (SSSR count). The zero-order valence-corrected chi connectivity index (χ0v) is 17.3. The summed E-state index contributed by atoms with van der Waals surface area (Å²) in [6.07, 6.45) is 3.68. The van der Waals surface area contributed by atoms with E-state index >= 15 is 0 Å². The smallest absolute Gasteiger partial charge is 0.0319 e. The molecule has 0 spiro atoms. The molecule has 5 aromatic rings.